The minimum atomic E-state index is -4.72. The van der Waals surface area contributed by atoms with Crippen molar-refractivity contribution in [3.8, 4) is 5.75 Å². The SMILES string of the molecule is CC1CN(C[C@H](c2cccc(OC(F)(F)F)c2)C2(O)CCCCC2)C[C@@H](C)N1. The second kappa shape index (κ2) is 8.59. The van der Waals surface area contributed by atoms with E-state index in [1.807, 2.05) is 6.07 Å². The van der Waals surface area contributed by atoms with Crippen LogP contribution in [0, 0.1) is 0 Å². The van der Waals surface area contributed by atoms with Crippen molar-refractivity contribution in [1.29, 1.82) is 0 Å². The predicted octanol–water partition coefficient (Wildman–Crippen LogP) is 4.05. The molecule has 0 amide bonds. The van der Waals surface area contributed by atoms with Gasteiger partial charge in [0, 0.05) is 37.6 Å². The van der Waals surface area contributed by atoms with Crippen molar-refractivity contribution < 1.29 is 23.0 Å². The van der Waals surface area contributed by atoms with E-state index in [0.29, 0.717) is 37.0 Å². The van der Waals surface area contributed by atoms with Crippen molar-refractivity contribution in [2.24, 2.45) is 0 Å². The number of halogens is 3. The number of rotatable bonds is 5. The molecule has 1 aliphatic carbocycles. The lowest BCUT2D eigenvalue weighted by atomic mass is 9.72. The summed E-state index contributed by atoms with van der Waals surface area (Å²) in [4.78, 5) is 2.32. The van der Waals surface area contributed by atoms with Gasteiger partial charge >= 0.3 is 6.36 Å². The summed E-state index contributed by atoms with van der Waals surface area (Å²) >= 11 is 0. The lowest BCUT2D eigenvalue weighted by Crippen LogP contribution is -2.56. The van der Waals surface area contributed by atoms with Gasteiger partial charge in [0.2, 0.25) is 0 Å². The van der Waals surface area contributed by atoms with Crippen molar-refractivity contribution in [1.82, 2.24) is 10.2 Å². The van der Waals surface area contributed by atoms with Crippen molar-refractivity contribution in [2.75, 3.05) is 19.6 Å². The van der Waals surface area contributed by atoms with Gasteiger partial charge in [-0.2, -0.15) is 0 Å². The Morgan fingerprint density at radius 1 is 1.18 bits per heavy atom. The Balaban J connectivity index is 1.87. The summed E-state index contributed by atoms with van der Waals surface area (Å²) in [5.41, 5.74) is -0.183. The largest absolute Gasteiger partial charge is 0.573 e. The van der Waals surface area contributed by atoms with E-state index in [4.69, 9.17) is 0 Å². The van der Waals surface area contributed by atoms with Crippen LogP contribution in [0.15, 0.2) is 24.3 Å². The number of nitrogens with one attached hydrogen (secondary N) is 1. The lowest BCUT2D eigenvalue weighted by Gasteiger charge is -2.44. The quantitative estimate of drug-likeness (QED) is 0.783. The van der Waals surface area contributed by atoms with Crippen LogP contribution in [0.3, 0.4) is 0 Å². The average molecular weight is 400 g/mol. The summed E-state index contributed by atoms with van der Waals surface area (Å²) in [5, 5.41) is 15.0. The summed E-state index contributed by atoms with van der Waals surface area (Å²) in [7, 11) is 0. The molecule has 1 unspecified atom stereocenters. The van der Waals surface area contributed by atoms with Crippen molar-refractivity contribution >= 4 is 0 Å². The molecule has 1 aliphatic heterocycles. The maximum absolute atomic E-state index is 12.7. The van der Waals surface area contributed by atoms with Crippen LogP contribution in [0.1, 0.15) is 57.4 Å². The lowest BCUT2D eigenvalue weighted by molar-refractivity contribution is -0.274. The first-order valence-electron chi connectivity index (χ1n) is 10.2. The normalized spacial score (nSPS) is 27.4. The molecule has 3 atom stereocenters. The fraction of sp³-hybridized carbons (Fsp3) is 0.714. The summed E-state index contributed by atoms with van der Waals surface area (Å²) in [6, 6.07) is 6.83. The Labute approximate surface area is 165 Å². The molecule has 1 saturated heterocycles. The van der Waals surface area contributed by atoms with Crippen LogP contribution in [0.4, 0.5) is 13.2 Å². The third-order valence-corrected chi connectivity index (χ3v) is 5.94. The van der Waals surface area contributed by atoms with E-state index in [1.165, 1.54) is 12.1 Å². The molecule has 7 heteroatoms. The molecule has 1 heterocycles. The smallest absolute Gasteiger partial charge is 0.406 e. The number of piperazine rings is 1. The fourth-order valence-electron chi connectivity index (χ4n) is 4.87. The molecule has 3 rings (SSSR count). The number of alkyl halides is 3. The Morgan fingerprint density at radius 3 is 2.43 bits per heavy atom. The van der Waals surface area contributed by atoms with Gasteiger partial charge in [-0.15, -0.1) is 13.2 Å². The maximum Gasteiger partial charge on any atom is 0.573 e. The molecule has 2 aliphatic rings. The topological polar surface area (TPSA) is 44.7 Å². The highest BCUT2D eigenvalue weighted by Gasteiger charge is 2.40. The van der Waals surface area contributed by atoms with Crippen LogP contribution >= 0.6 is 0 Å². The highest BCUT2D eigenvalue weighted by Crippen LogP contribution is 2.41. The van der Waals surface area contributed by atoms with E-state index in [1.54, 1.807) is 6.07 Å². The van der Waals surface area contributed by atoms with Crippen molar-refractivity contribution in [3.63, 3.8) is 0 Å². The van der Waals surface area contributed by atoms with Gasteiger partial charge in [0.05, 0.1) is 5.60 Å². The summed E-state index contributed by atoms with van der Waals surface area (Å²) < 4.78 is 42.2. The molecule has 0 spiro atoms. The van der Waals surface area contributed by atoms with E-state index in [9.17, 15) is 18.3 Å². The van der Waals surface area contributed by atoms with E-state index >= 15 is 0 Å². The number of hydrogen-bond acceptors (Lipinski definition) is 4. The minimum absolute atomic E-state index is 0.226. The van der Waals surface area contributed by atoms with Gasteiger partial charge < -0.3 is 15.2 Å². The van der Waals surface area contributed by atoms with Crippen LogP contribution in [0.5, 0.6) is 5.75 Å². The van der Waals surface area contributed by atoms with Crippen molar-refractivity contribution in [3.05, 3.63) is 29.8 Å². The first-order chi connectivity index (χ1) is 13.1. The molecular weight excluding hydrogens is 369 g/mol. The zero-order chi connectivity index (χ0) is 20.4. The molecule has 28 heavy (non-hydrogen) atoms. The van der Waals surface area contributed by atoms with E-state index in [0.717, 1.165) is 32.4 Å². The molecule has 4 nitrogen and oxygen atoms in total. The van der Waals surface area contributed by atoms with Crippen LogP contribution in [0.25, 0.3) is 0 Å². The fourth-order valence-corrected chi connectivity index (χ4v) is 4.87. The second-order valence-corrected chi connectivity index (χ2v) is 8.52. The highest BCUT2D eigenvalue weighted by molar-refractivity contribution is 5.33. The third-order valence-electron chi connectivity index (χ3n) is 5.94. The van der Waals surface area contributed by atoms with Gasteiger partial charge in [-0.1, -0.05) is 31.4 Å². The number of hydrogen-bond donors (Lipinski definition) is 2. The molecule has 2 N–H and O–H groups in total. The van der Waals surface area contributed by atoms with Gasteiger partial charge in [-0.25, -0.2) is 0 Å². The molecule has 1 aromatic carbocycles. The monoisotopic (exact) mass is 400 g/mol. The second-order valence-electron chi connectivity index (χ2n) is 8.52. The van der Waals surface area contributed by atoms with Gasteiger partial charge in [0.1, 0.15) is 5.75 Å². The molecule has 0 bridgehead atoms. The van der Waals surface area contributed by atoms with Crippen molar-refractivity contribution in [2.45, 2.75) is 75.9 Å². The summed E-state index contributed by atoms with van der Waals surface area (Å²) in [6.45, 7) is 6.60. The standard InChI is InChI=1S/C21H31F3N2O2/c1-15-12-26(13-16(2)25-15)14-19(20(27)9-4-3-5-10-20)17-7-6-8-18(11-17)28-21(22,23)24/h6-8,11,15-16,19,25,27H,3-5,9-10,12-14H2,1-2H3/t15-,16?,19-/m1/s1. The van der Waals surface area contributed by atoms with Crippen LogP contribution in [0.2, 0.25) is 0 Å². The Morgan fingerprint density at radius 2 is 1.82 bits per heavy atom. The third kappa shape index (κ3) is 5.61. The molecule has 1 saturated carbocycles. The molecular formula is C21H31F3N2O2. The van der Waals surface area contributed by atoms with Crippen LogP contribution in [-0.2, 0) is 0 Å². The highest BCUT2D eigenvalue weighted by atomic mass is 19.4. The summed E-state index contributed by atoms with van der Waals surface area (Å²) in [6.07, 6.45) is -0.383. The van der Waals surface area contributed by atoms with Crippen LogP contribution < -0.4 is 10.1 Å². The van der Waals surface area contributed by atoms with Gasteiger partial charge in [-0.05, 0) is 44.4 Å². The van der Waals surface area contributed by atoms with Gasteiger partial charge in [0.15, 0.2) is 0 Å². The number of aliphatic hydroxyl groups is 1. The molecule has 1 aromatic rings. The maximum atomic E-state index is 12.7. The van der Waals surface area contributed by atoms with Gasteiger partial charge in [0.25, 0.3) is 0 Å². The van der Waals surface area contributed by atoms with E-state index in [-0.39, 0.29) is 11.7 Å². The Hall–Kier alpha value is -1.31. The zero-order valence-corrected chi connectivity index (χ0v) is 16.6. The molecule has 2 fully saturated rings. The Bertz CT molecular complexity index is 637. The summed E-state index contributed by atoms with van der Waals surface area (Å²) in [5.74, 6) is -0.474. The van der Waals surface area contributed by atoms with Crippen LogP contribution in [-0.4, -0.2) is 53.7 Å². The Kier molecular flexibility index (Phi) is 6.57. The number of nitrogens with zero attached hydrogens (tertiary/aromatic N) is 1. The zero-order valence-electron chi connectivity index (χ0n) is 16.6. The first-order valence-corrected chi connectivity index (χ1v) is 10.2. The molecule has 0 radical (unpaired) electrons. The van der Waals surface area contributed by atoms with Gasteiger partial charge in [-0.3, -0.25) is 4.90 Å². The van der Waals surface area contributed by atoms with E-state index in [2.05, 4.69) is 28.8 Å². The molecule has 0 aromatic heterocycles. The number of ether oxygens (including phenoxy) is 1. The first kappa shape index (κ1) is 21.4. The minimum Gasteiger partial charge on any atom is -0.406 e. The predicted molar refractivity (Wildman–Crippen MR) is 102 cm³/mol. The number of benzene rings is 1. The molecule has 158 valence electrons. The average Bonchev–Trinajstić information content (AvgIpc) is 2.58. The van der Waals surface area contributed by atoms with E-state index < -0.39 is 12.0 Å².